The minimum Gasteiger partial charge on any atom is -0.481 e. The van der Waals surface area contributed by atoms with E-state index in [1.54, 1.807) is 0 Å². The molecule has 3 unspecified atom stereocenters. The Labute approximate surface area is 77.7 Å². The first-order chi connectivity index (χ1) is 5.73. The largest absolute Gasteiger partial charge is 0.481 e. The van der Waals surface area contributed by atoms with E-state index in [0.29, 0.717) is 0 Å². The quantitative estimate of drug-likeness (QED) is 0.683. The van der Waals surface area contributed by atoms with E-state index in [1.165, 1.54) is 6.92 Å². The van der Waals surface area contributed by atoms with Crippen molar-refractivity contribution in [1.82, 2.24) is 0 Å². The third kappa shape index (κ3) is 1.21. The molecule has 0 aliphatic heterocycles. The van der Waals surface area contributed by atoms with Crippen LogP contribution in [0, 0.1) is 11.3 Å². The molecule has 1 rings (SSSR count). The van der Waals surface area contributed by atoms with Gasteiger partial charge in [-0.3, -0.25) is 4.79 Å². The minimum atomic E-state index is -4.77. The molecule has 2 nitrogen and oxygen atoms in total. The van der Waals surface area contributed by atoms with Gasteiger partial charge in [0, 0.05) is 0 Å². The summed E-state index contributed by atoms with van der Waals surface area (Å²) in [7, 11) is 0. The third-order valence-corrected chi connectivity index (χ3v) is 3.30. The third-order valence-electron chi connectivity index (χ3n) is 2.50. The van der Waals surface area contributed by atoms with Crippen molar-refractivity contribution in [3.05, 3.63) is 0 Å². The monoisotopic (exact) mass is 216 g/mol. The molecule has 3 atom stereocenters. The highest BCUT2D eigenvalue weighted by Gasteiger charge is 2.71. The molecule has 0 aromatic heterocycles. The van der Waals surface area contributed by atoms with Crippen molar-refractivity contribution in [3.63, 3.8) is 0 Å². The van der Waals surface area contributed by atoms with Crippen molar-refractivity contribution >= 4 is 17.6 Å². The number of rotatable bonds is 1. The second-order valence-corrected chi connectivity index (χ2v) is 3.83. The fourth-order valence-corrected chi connectivity index (χ4v) is 2.04. The normalized spacial score (nSPS) is 39.8. The molecule has 1 fully saturated rings. The van der Waals surface area contributed by atoms with E-state index in [-0.39, 0.29) is 0 Å². The number of hydrogen-bond acceptors (Lipinski definition) is 1. The second kappa shape index (κ2) is 2.77. The average Bonchev–Trinajstić information content (AvgIpc) is 1.95. The fraction of sp³-hybridized carbons (Fsp3) is 0.857. The summed E-state index contributed by atoms with van der Waals surface area (Å²) in [6, 6.07) is 0. The van der Waals surface area contributed by atoms with Crippen molar-refractivity contribution < 1.29 is 23.1 Å². The minimum absolute atomic E-state index is 0.403. The Balaban J connectivity index is 3.00. The molecule has 13 heavy (non-hydrogen) atoms. The van der Waals surface area contributed by atoms with Gasteiger partial charge in [-0.25, -0.2) is 0 Å². The molecule has 0 heterocycles. The molecule has 6 heteroatoms. The molecule has 0 aromatic carbocycles. The summed E-state index contributed by atoms with van der Waals surface area (Å²) < 4.78 is 37.1. The van der Waals surface area contributed by atoms with Crippen LogP contribution in [0.15, 0.2) is 0 Å². The van der Waals surface area contributed by atoms with Crippen LogP contribution in [0.2, 0.25) is 0 Å². The van der Waals surface area contributed by atoms with Crippen LogP contribution in [0.4, 0.5) is 13.2 Å². The predicted molar refractivity (Wildman–Crippen MR) is 39.5 cm³/mol. The van der Waals surface area contributed by atoms with E-state index in [1.807, 2.05) is 0 Å². The zero-order valence-corrected chi connectivity index (χ0v) is 7.49. The van der Waals surface area contributed by atoms with E-state index in [9.17, 15) is 18.0 Å². The number of aliphatic carboxylic acids is 1. The average molecular weight is 217 g/mol. The standard InChI is InChI=1S/C7H8ClF3O2/c1-3-2-6(4(3)8,5(12)13)7(9,10)11/h3-4H,2H2,1H3,(H,12,13). The molecule has 1 aliphatic carbocycles. The lowest BCUT2D eigenvalue weighted by molar-refractivity contribution is -0.259. The highest BCUT2D eigenvalue weighted by Crippen LogP contribution is 2.58. The molecule has 0 aromatic rings. The number of carbonyl (C=O) groups is 1. The van der Waals surface area contributed by atoms with Crippen LogP contribution >= 0.6 is 11.6 Å². The van der Waals surface area contributed by atoms with E-state index in [2.05, 4.69) is 0 Å². The summed E-state index contributed by atoms with van der Waals surface area (Å²) in [5.41, 5.74) is -2.73. The molecular weight excluding hydrogens is 209 g/mol. The molecule has 0 amide bonds. The van der Waals surface area contributed by atoms with Gasteiger partial charge in [-0.1, -0.05) is 6.92 Å². The Bertz CT molecular complexity index is 240. The molecule has 1 aliphatic rings. The Kier molecular flexibility index (Phi) is 2.26. The van der Waals surface area contributed by atoms with Crippen molar-refractivity contribution in [2.24, 2.45) is 11.3 Å². The van der Waals surface area contributed by atoms with Gasteiger partial charge < -0.3 is 5.11 Å². The molecule has 0 saturated heterocycles. The van der Waals surface area contributed by atoms with Gasteiger partial charge in [0.05, 0.1) is 5.38 Å². The summed E-state index contributed by atoms with van der Waals surface area (Å²) in [5, 5.41) is 7.15. The van der Waals surface area contributed by atoms with Crippen molar-refractivity contribution in [2.75, 3.05) is 0 Å². The molecule has 0 spiro atoms. The summed E-state index contributed by atoms with van der Waals surface area (Å²) in [6.07, 6.45) is -5.20. The first kappa shape index (κ1) is 10.6. The summed E-state index contributed by atoms with van der Waals surface area (Å²) in [5.74, 6) is -2.28. The Hall–Kier alpha value is -0.450. The molecular formula is C7H8ClF3O2. The summed E-state index contributed by atoms with van der Waals surface area (Å²) in [6.45, 7) is 1.50. The van der Waals surface area contributed by atoms with E-state index >= 15 is 0 Å². The van der Waals surface area contributed by atoms with Crippen molar-refractivity contribution in [1.29, 1.82) is 0 Å². The smallest absolute Gasteiger partial charge is 0.406 e. The lowest BCUT2D eigenvalue weighted by Gasteiger charge is -2.48. The van der Waals surface area contributed by atoms with Crippen molar-refractivity contribution in [3.8, 4) is 0 Å². The first-order valence-electron chi connectivity index (χ1n) is 3.67. The Morgan fingerprint density at radius 3 is 2.15 bits per heavy atom. The predicted octanol–water partition coefficient (Wildman–Crippen LogP) is 2.27. The van der Waals surface area contributed by atoms with Gasteiger partial charge in [0.1, 0.15) is 0 Å². The number of hydrogen-bond donors (Lipinski definition) is 1. The van der Waals surface area contributed by atoms with Crippen LogP contribution in [-0.4, -0.2) is 22.6 Å². The molecule has 76 valence electrons. The van der Waals surface area contributed by atoms with E-state index in [0.717, 1.165) is 0 Å². The summed E-state index contributed by atoms with van der Waals surface area (Å²) >= 11 is 5.40. The first-order valence-corrected chi connectivity index (χ1v) is 4.11. The van der Waals surface area contributed by atoms with Gasteiger partial charge in [0.15, 0.2) is 5.41 Å². The number of carboxylic acids is 1. The molecule has 0 bridgehead atoms. The SMILES string of the molecule is CC1CC(C(=O)O)(C(F)(F)F)C1Cl. The number of alkyl halides is 4. The van der Waals surface area contributed by atoms with Gasteiger partial charge in [-0.05, 0) is 12.3 Å². The van der Waals surface area contributed by atoms with Gasteiger partial charge in [0.25, 0.3) is 0 Å². The van der Waals surface area contributed by atoms with Crippen LogP contribution in [0.5, 0.6) is 0 Å². The summed E-state index contributed by atoms with van der Waals surface area (Å²) in [4.78, 5) is 10.5. The van der Waals surface area contributed by atoms with Crippen LogP contribution in [-0.2, 0) is 4.79 Å². The van der Waals surface area contributed by atoms with Crippen LogP contribution in [0.3, 0.4) is 0 Å². The van der Waals surface area contributed by atoms with Gasteiger partial charge in [0.2, 0.25) is 0 Å². The lowest BCUT2D eigenvalue weighted by atomic mass is 9.61. The van der Waals surface area contributed by atoms with Crippen LogP contribution in [0.1, 0.15) is 13.3 Å². The number of halogens is 4. The lowest BCUT2D eigenvalue weighted by Crippen LogP contribution is -2.62. The molecule has 1 N–H and O–H groups in total. The van der Waals surface area contributed by atoms with Gasteiger partial charge in [-0.15, -0.1) is 11.6 Å². The van der Waals surface area contributed by atoms with E-state index < -0.39 is 35.3 Å². The van der Waals surface area contributed by atoms with E-state index in [4.69, 9.17) is 16.7 Å². The molecule has 0 radical (unpaired) electrons. The van der Waals surface area contributed by atoms with Crippen LogP contribution in [0.25, 0.3) is 0 Å². The highest BCUT2D eigenvalue weighted by atomic mass is 35.5. The Morgan fingerprint density at radius 1 is 1.62 bits per heavy atom. The zero-order valence-electron chi connectivity index (χ0n) is 6.73. The van der Waals surface area contributed by atoms with Gasteiger partial charge >= 0.3 is 12.1 Å². The maximum Gasteiger partial charge on any atom is 0.406 e. The second-order valence-electron chi connectivity index (χ2n) is 3.36. The maximum atomic E-state index is 12.4. The highest BCUT2D eigenvalue weighted by molar-refractivity contribution is 6.23. The van der Waals surface area contributed by atoms with Gasteiger partial charge in [-0.2, -0.15) is 13.2 Å². The zero-order chi connectivity index (χ0) is 10.4. The van der Waals surface area contributed by atoms with Crippen molar-refractivity contribution in [2.45, 2.75) is 24.9 Å². The van der Waals surface area contributed by atoms with Crippen LogP contribution < -0.4 is 0 Å². The number of carboxylic acid groups (broad SMARTS) is 1. The molecule has 1 saturated carbocycles. The fourth-order valence-electron chi connectivity index (χ4n) is 1.65. The maximum absolute atomic E-state index is 12.4. The Morgan fingerprint density at radius 2 is 2.08 bits per heavy atom. The topological polar surface area (TPSA) is 37.3 Å².